The fourth-order valence-electron chi connectivity index (χ4n) is 2.27. The highest BCUT2D eigenvalue weighted by Crippen LogP contribution is 2.36. The summed E-state index contributed by atoms with van der Waals surface area (Å²) in [6, 6.07) is 3.90. The predicted octanol–water partition coefficient (Wildman–Crippen LogP) is 1.86. The monoisotopic (exact) mass is 336 g/mol. The molecule has 2 aromatic rings. The maximum atomic E-state index is 5.73. The third kappa shape index (κ3) is 4.29. The van der Waals surface area contributed by atoms with E-state index in [4.69, 9.17) is 14.2 Å². The molecule has 1 aromatic carbocycles. The van der Waals surface area contributed by atoms with Gasteiger partial charge in [0.25, 0.3) is 0 Å². The molecule has 0 amide bonds. The van der Waals surface area contributed by atoms with Gasteiger partial charge in [-0.15, -0.1) is 0 Å². The molecule has 0 radical (unpaired) electrons. The Hall–Kier alpha value is -1.93. The molecule has 0 spiro atoms. The number of ether oxygens (including phenoxy) is 3. The van der Waals surface area contributed by atoms with Crippen molar-refractivity contribution in [2.45, 2.75) is 18.1 Å². The second-order valence-corrected chi connectivity index (χ2v) is 6.06. The maximum absolute atomic E-state index is 5.73. The van der Waals surface area contributed by atoms with Gasteiger partial charge >= 0.3 is 0 Å². The summed E-state index contributed by atoms with van der Waals surface area (Å²) in [6.07, 6.45) is 2.40. The van der Waals surface area contributed by atoms with E-state index in [2.05, 4.69) is 20.5 Å². The van der Waals surface area contributed by atoms with Gasteiger partial charge < -0.3 is 19.5 Å². The lowest BCUT2D eigenvalue weighted by Gasteiger charge is -2.14. The lowest BCUT2D eigenvalue weighted by atomic mass is 10.1. The molecule has 3 rings (SSSR count). The number of hydrogen-bond donors (Lipinski definition) is 2. The van der Waals surface area contributed by atoms with E-state index < -0.39 is 0 Å². The molecule has 0 saturated carbocycles. The molecule has 23 heavy (non-hydrogen) atoms. The van der Waals surface area contributed by atoms with Crippen molar-refractivity contribution in [3.63, 3.8) is 0 Å². The molecule has 0 bridgehead atoms. The first kappa shape index (κ1) is 15.9. The lowest BCUT2D eigenvalue weighted by molar-refractivity contribution is 0.296. The van der Waals surface area contributed by atoms with Gasteiger partial charge in [0.15, 0.2) is 16.7 Å². The maximum Gasteiger partial charge on any atom is 0.183 e. The van der Waals surface area contributed by atoms with E-state index in [1.165, 1.54) is 6.33 Å². The van der Waals surface area contributed by atoms with Crippen LogP contribution in [0.15, 0.2) is 23.6 Å². The minimum absolute atomic E-state index is 0.673. The Morgan fingerprint density at radius 2 is 2.13 bits per heavy atom. The summed E-state index contributed by atoms with van der Waals surface area (Å²) >= 11 is 1.63. The van der Waals surface area contributed by atoms with Crippen molar-refractivity contribution >= 4 is 11.8 Å². The third-order valence-corrected chi connectivity index (χ3v) is 4.25. The highest BCUT2D eigenvalue weighted by molar-refractivity contribution is 7.99. The molecule has 1 aliphatic rings. The highest BCUT2D eigenvalue weighted by Gasteiger charge is 2.15. The van der Waals surface area contributed by atoms with Crippen LogP contribution in [0.1, 0.15) is 12.0 Å². The number of hydrogen-bond acceptors (Lipinski definition) is 7. The summed E-state index contributed by atoms with van der Waals surface area (Å²) in [5, 5.41) is 10.9. The van der Waals surface area contributed by atoms with E-state index in [9.17, 15) is 0 Å². The number of aromatic nitrogens is 3. The molecule has 2 heterocycles. The Kier molecular flexibility index (Phi) is 5.60. The van der Waals surface area contributed by atoms with Gasteiger partial charge in [-0.05, 0) is 6.07 Å². The summed E-state index contributed by atoms with van der Waals surface area (Å²) in [7, 11) is 1.67. The highest BCUT2D eigenvalue weighted by atomic mass is 32.2. The number of nitrogens with one attached hydrogen (secondary N) is 2. The van der Waals surface area contributed by atoms with Gasteiger partial charge in [-0.25, -0.2) is 4.98 Å². The van der Waals surface area contributed by atoms with Gasteiger partial charge in [-0.1, -0.05) is 11.8 Å². The van der Waals surface area contributed by atoms with Crippen LogP contribution in [0.3, 0.4) is 0 Å². The van der Waals surface area contributed by atoms with Crippen LogP contribution < -0.4 is 19.5 Å². The number of H-pyrrole nitrogens is 1. The van der Waals surface area contributed by atoms with Gasteiger partial charge in [0.2, 0.25) is 0 Å². The third-order valence-electron chi connectivity index (χ3n) is 3.38. The van der Waals surface area contributed by atoms with Gasteiger partial charge in [0, 0.05) is 36.9 Å². The first-order valence-electron chi connectivity index (χ1n) is 7.52. The molecule has 8 heteroatoms. The predicted molar refractivity (Wildman–Crippen MR) is 87.4 cm³/mol. The zero-order valence-electron chi connectivity index (χ0n) is 13.0. The molecule has 0 atom stereocenters. The van der Waals surface area contributed by atoms with Crippen molar-refractivity contribution in [1.82, 2.24) is 20.5 Å². The van der Waals surface area contributed by atoms with Gasteiger partial charge in [-0.3, -0.25) is 5.10 Å². The van der Waals surface area contributed by atoms with Crippen molar-refractivity contribution in [1.29, 1.82) is 0 Å². The number of aromatic amines is 1. The summed E-state index contributed by atoms with van der Waals surface area (Å²) in [5.41, 5.74) is 1.06. The first-order chi connectivity index (χ1) is 11.4. The molecular formula is C15H20N4O3S. The number of methoxy groups -OCH3 is 1. The lowest BCUT2D eigenvalue weighted by Crippen LogP contribution is -2.17. The normalized spacial score (nSPS) is 13.6. The molecule has 1 aromatic heterocycles. The fourth-order valence-corrected chi connectivity index (χ4v) is 2.95. The summed E-state index contributed by atoms with van der Waals surface area (Å²) in [6.45, 7) is 2.91. The molecule has 2 N–H and O–H groups in total. The number of benzene rings is 1. The summed E-state index contributed by atoms with van der Waals surface area (Å²) in [4.78, 5) is 4.07. The Morgan fingerprint density at radius 3 is 2.87 bits per heavy atom. The average Bonchev–Trinajstić information content (AvgIpc) is 2.98. The molecule has 1 aliphatic heterocycles. The topological polar surface area (TPSA) is 81.3 Å². The Morgan fingerprint density at radius 1 is 1.30 bits per heavy atom. The SMILES string of the molecule is COc1cc2c(cc1CNCCSc1ncn[nH]1)OCCCO2. The second kappa shape index (κ2) is 8.07. The number of fused-ring (bicyclic) bond motifs is 1. The van der Waals surface area contributed by atoms with E-state index in [0.717, 1.165) is 46.7 Å². The van der Waals surface area contributed by atoms with E-state index >= 15 is 0 Å². The second-order valence-electron chi connectivity index (χ2n) is 4.98. The first-order valence-corrected chi connectivity index (χ1v) is 8.51. The van der Waals surface area contributed by atoms with E-state index in [0.29, 0.717) is 19.8 Å². The van der Waals surface area contributed by atoms with E-state index in [1.54, 1.807) is 18.9 Å². The van der Waals surface area contributed by atoms with Gasteiger partial charge in [0.1, 0.15) is 12.1 Å². The minimum Gasteiger partial charge on any atom is -0.496 e. The molecular weight excluding hydrogens is 316 g/mol. The van der Waals surface area contributed by atoms with Crippen LogP contribution in [0.4, 0.5) is 0 Å². The molecule has 0 saturated heterocycles. The number of rotatable bonds is 7. The van der Waals surface area contributed by atoms with Crippen molar-refractivity contribution in [2.24, 2.45) is 0 Å². The van der Waals surface area contributed by atoms with Crippen LogP contribution in [-0.2, 0) is 6.54 Å². The van der Waals surface area contributed by atoms with Crippen molar-refractivity contribution < 1.29 is 14.2 Å². The Balaban J connectivity index is 1.55. The molecule has 124 valence electrons. The molecule has 0 fully saturated rings. The molecule has 0 aliphatic carbocycles. The van der Waals surface area contributed by atoms with Crippen molar-refractivity contribution in [3.05, 3.63) is 24.0 Å². The van der Waals surface area contributed by atoms with Crippen LogP contribution in [0, 0.1) is 0 Å². The zero-order valence-corrected chi connectivity index (χ0v) is 13.8. The zero-order chi connectivity index (χ0) is 15.9. The molecule has 0 unspecified atom stereocenters. The van der Waals surface area contributed by atoms with Crippen LogP contribution in [0.5, 0.6) is 17.2 Å². The Labute approximate surface area is 139 Å². The van der Waals surface area contributed by atoms with Crippen LogP contribution >= 0.6 is 11.8 Å². The fraction of sp³-hybridized carbons (Fsp3) is 0.467. The smallest absolute Gasteiger partial charge is 0.183 e. The quantitative estimate of drug-likeness (QED) is 0.590. The van der Waals surface area contributed by atoms with Crippen molar-refractivity contribution in [3.8, 4) is 17.2 Å². The summed E-state index contributed by atoms with van der Waals surface area (Å²) in [5.74, 6) is 3.26. The Bertz CT molecular complexity index is 621. The molecule has 7 nitrogen and oxygen atoms in total. The van der Waals surface area contributed by atoms with Crippen LogP contribution in [0.2, 0.25) is 0 Å². The standard InChI is InChI=1S/C15H20N4O3S/c1-20-12-8-14-13(21-4-2-5-22-14)7-11(12)9-16-3-6-23-15-17-10-18-19-15/h7-8,10,16H,2-6,9H2,1H3,(H,17,18,19). The van der Waals surface area contributed by atoms with Crippen molar-refractivity contribution in [2.75, 3.05) is 32.6 Å². The summed E-state index contributed by atoms with van der Waals surface area (Å²) < 4.78 is 16.9. The number of thioether (sulfide) groups is 1. The average molecular weight is 336 g/mol. The largest absolute Gasteiger partial charge is 0.496 e. The van der Waals surface area contributed by atoms with Gasteiger partial charge in [0.05, 0.1) is 20.3 Å². The number of nitrogens with zero attached hydrogens (tertiary/aromatic N) is 2. The van der Waals surface area contributed by atoms with Gasteiger partial charge in [-0.2, -0.15) is 5.10 Å². The van der Waals surface area contributed by atoms with E-state index in [1.807, 2.05) is 12.1 Å². The minimum atomic E-state index is 0.673. The van der Waals surface area contributed by atoms with Crippen LogP contribution in [0.25, 0.3) is 0 Å². The van der Waals surface area contributed by atoms with Crippen LogP contribution in [-0.4, -0.2) is 47.8 Å². The van der Waals surface area contributed by atoms with E-state index in [-0.39, 0.29) is 0 Å².